The molecule has 0 unspecified atom stereocenters. The molecule has 5 heteroatoms. The summed E-state index contributed by atoms with van der Waals surface area (Å²) in [6.45, 7) is 1.10. The Balaban J connectivity index is 1.90. The molecule has 1 aromatic carbocycles. The van der Waals surface area contributed by atoms with Crippen molar-refractivity contribution in [3.05, 3.63) is 59.0 Å². The Morgan fingerprint density at radius 3 is 2.71 bits per heavy atom. The smallest absolute Gasteiger partial charge is 0.253 e. The van der Waals surface area contributed by atoms with Crippen LogP contribution in [0.3, 0.4) is 0 Å². The lowest BCUT2D eigenvalue weighted by Crippen LogP contribution is -2.22. The van der Waals surface area contributed by atoms with Crippen molar-refractivity contribution in [1.82, 2.24) is 9.55 Å². The van der Waals surface area contributed by atoms with Crippen LogP contribution >= 0.6 is 0 Å². The second kappa shape index (κ2) is 5.25. The van der Waals surface area contributed by atoms with Gasteiger partial charge in [0.15, 0.2) is 0 Å². The quantitative estimate of drug-likeness (QED) is 0.870. The molecule has 0 amide bonds. The third-order valence-corrected chi connectivity index (χ3v) is 2.32. The van der Waals surface area contributed by atoms with Gasteiger partial charge in [-0.3, -0.25) is 9.36 Å². The summed E-state index contributed by atoms with van der Waals surface area (Å²) in [7, 11) is 0. The van der Waals surface area contributed by atoms with Gasteiger partial charge in [0, 0.05) is 31.0 Å². The van der Waals surface area contributed by atoms with Crippen molar-refractivity contribution < 1.29 is 4.39 Å². The van der Waals surface area contributed by atoms with E-state index in [0.717, 1.165) is 5.69 Å². The average molecular weight is 233 g/mol. The van der Waals surface area contributed by atoms with E-state index in [2.05, 4.69) is 10.3 Å². The molecule has 1 heterocycles. The maximum atomic E-state index is 12.6. The van der Waals surface area contributed by atoms with Crippen molar-refractivity contribution in [2.24, 2.45) is 0 Å². The predicted octanol–water partition coefficient (Wildman–Crippen LogP) is 1.49. The summed E-state index contributed by atoms with van der Waals surface area (Å²) >= 11 is 0. The molecule has 2 aromatic rings. The molecule has 1 aromatic heterocycles. The standard InChI is InChI=1S/C12H12FN3O/c13-10-1-3-11(4-2-10)15-7-8-16-9-14-6-5-12(16)17/h1-6,9,15H,7-8H2. The normalized spacial score (nSPS) is 10.2. The van der Waals surface area contributed by atoms with E-state index in [1.165, 1.54) is 35.3 Å². The largest absolute Gasteiger partial charge is 0.383 e. The third-order valence-electron chi connectivity index (χ3n) is 2.32. The van der Waals surface area contributed by atoms with E-state index in [0.29, 0.717) is 13.1 Å². The van der Waals surface area contributed by atoms with Gasteiger partial charge in [-0.2, -0.15) is 0 Å². The number of nitrogens with one attached hydrogen (secondary N) is 1. The van der Waals surface area contributed by atoms with Crippen molar-refractivity contribution in [3.8, 4) is 0 Å². The van der Waals surface area contributed by atoms with Gasteiger partial charge in [-0.05, 0) is 24.3 Å². The highest BCUT2D eigenvalue weighted by atomic mass is 19.1. The van der Waals surface area contributed by atoms with E-state index in [9.17, 15) is 9.18 Å². The number of anilines is 1. The summed E-state index contributed by atoms with van der Waals surface area (Å²) in [6.07, 6.45) is 2.96. The summed E-state index contributed by atoms with van der Waals surface area (Å²) < 4.78 is 14.2. The second-order valence-electron chi connectivity index (χ2n) is 3.55. The van der Waals surface area contributed by atoms with E-state index < -0.39 is 0 Å². The number of rotatable bonds is 4. The van der Waals surface area contributed by atoms with Crippen LogP contribution in [0.1, 0.15) is 0 Å². The minimum Gasteiger partial charge on any atom is -0.383 e. The maximum absolute atomic E-state index is 12.6. The van der Waals surface area contributed by atoms with Crippen LogP contribution in [0.25, 0.3) is 0 Å². The second-order valence-corrected chi connectivity index (χ2v) is 3.55. The monoisotopic (exact) mass is 233 g/mol. The van der Waals surface area contributed by atoms with Gasteiger partial charge in [-0.25, -0.2) is 9.37 Å². The molecule has 4 nitrogen and oxygen atoms in total. The highest BCUT2D eigenvalue weighted by Gasteiger charge is 1.95. The van der Waals surface area contributed by atoms with E-state index in [1.807, 2.05) is 0 Å². The van der Waals surface area contributed by atoms with Crippen molar-refractivity contribution in [2.45, 2.75) is 6.54 Å². The molecule has 1 N–H and O–H groups in total. The molecule has 0 spiro atoms. The molecule has 0 bridgehead atoms. The molecule has 0 atom stereocenters. The Morgan fingerprint density at radius 1 is 1.24 bits per heavy atom. The van der Waals surface area contributed by atoms with Gasteiger partial charge in [0.05, 0.1) is 6.33 Å². The first-order valence-corrected chi connectivity index (χ1v) is 5.25. The van der Waals surface area contributed by atoms with Gasteiger partial charge in [0.2, 0.25) is 0 Å². The van der Waals surface area contributed by atoms with Crippen LogP contribution in [0.5, 0.6) is 0 Å². The summed E-state index contributed by atoms with van der Waals surface area (Å²) in [6, 6.07) is 7.50. The van der Waals surface area contributed by atoms with Crippen LogP contribution in [0.15, 0.2) is 47.7 Å². The fraction of sp³-hybridized carbons (Fsp3) is 0.167. The predicted molar refractivity (Wildman–Crippen MR) is 63.4 cm³/mol. The zero-order valence-corrected chi connectivity index (χ0v) is 9.14. The minimum absolute atomic E-state index is 0.0825. The van der Waals surface area contributed by atoms with Crippen LogP contribution in [0.2, 0.25) is 0 Å². The van der Waals surface area contributed by atoms with Gasteiger partial charge in [0.1, 0.15) is 5.82 Å². The number of nitrogens with zero attached hydrogens (tertiary/aromatic N) is 2. The molecule has 17 heavy (non-hydrogen) atoms. The van der Waals surface area contributed by atoms with Crippen LogP contribution in [-0.4, -0.2) is 16.1 Å². The fourth-order valence-electron chi connectivity index (χ4n) is 1.43. The molecular formula is C12H12FN3O. The van der Waals surface area contributed by atoms with Gasteiger partial charge >= 0.3 is 0 Å². The van der Waals surface area contributed by atoms with Crippen LogP contribution in [-0.2, 0) is 6.54 Å². The highest BCUT2D eigenvalue weighted by Crippen LogP contribution is 2.07. The summed E-state index contributed by atoms with van der Waals surface area (Å²) in [4.78, 5) is 15.2. The first kappa shape index (κ1) is 11.3. The molecule has 0 aliphatic carbocycles. The van der Waals surface area contributed by atoms with Crippen molar-refractivity contribution in [2.75, 3.05) is 11.9 Å². The molecule has 0 radical (unpaired) electrons. The zero-order chi connectivity index (χ0) is 12.1. The summed E-state index contributed by atoms with van der Waals surface area (Å²) in [5, 5.41) is 3.09. The lowest BCUT2D eigenvalue weighted by Gasteiger charge is -2.07. The number of aromatic nitrogens is 2. The lowest BCUT2D eigenvalue weighted by atomic mass is 10.3. The van der Waals surface area contributed by atoms with Gasteiger partial charge in [0.25, 0.3) is 5.56 Å². The number of halogens is 1. The summed E-state index contributed by atoms with van der Waals surface area (Å²) in [5.74, 6) is -0.265. The van der Waals surface area contributed by atoms with Crippen molar-refractivity contribution in [3.63, 3.8) is 0 Å². The third kappa shape index (κ3) is 3.14. The Kier molecular flexibility index (Phi) is 3.49. The van der Waals surface area contributed by atoms with Crippen LogP contribution in [0, 0.1) is 5.82 Å². The van der Waals surface area contributed by atoms with Crippen LogP contribution < -0.4 is 10.9 Å². The number of hydrogen-bond acceptors (Lipinski definition) is 3. The number of hydrogen-bond donors (Lipinski definition) is 1. The first-order chi connectivity index (χ1) is 8.25. The molecule has 0 saturated heterocycles. The Bertz CT molecular complexity index is 536. The molecule has 0 aliphatic rings. The van der Waals surface area contributed by atoms with E-state index in [-0.39, 0.29) is 11.4 Å². The topological polar surface area (TPSA) is 46.9 Å². The fourth-order valence-corrected chi connectivity index (χ4v) is 1.43. The van der Waals surface area contributed by atoms with Gasteiger partial charge < -0.3 is 5.32 Å². The lowest BCUT2D eigenvalue weighted by molar-refractivity contribution is 0.628. The highest BCUT2D eigenvalue weighted by molar-refractivity contribution is 5.42. The number of benzene rings is 1. The summed E-state index contributed by atoms with van der Waals surface area (Å²) in [5.41, 5.74) is 0.740. The Labute approximate surface area is 97.7 Å². The average Bonchev–Trinajstić information content (AvgIpc) is 2.34. The zero-order valence-electron chi connectivity index (χ0n) is 9.14. The molecule has 0 aliphatic heterocycles. The van der Waals surface area contributed by atoms with Gasteiger partial charge in [-0.1, -0.05) is 0 Å². The SMILES string of the molecule is O=c1ccncn1CCNc1ccc(F)cc1. The van der Waals surface area contributed by atoms with Gasteiger partial charge in [-0.15, -0.1) is 0 Å². The van der Waals surface area contributed by atoms with E-state index in [4.69, 9.17) is 0 Å². The van der Waals surface area contributed by atoms with Crippen molar-refractivity contribution >= 4 is 5.69 Å². The Morgan fingerprint density at radius 2 is 2.00 bits per heavy atom. The Hall–Kier alpha value is -2.17. The van der Waals surface area contributed by atoms with Crippen molar-refractivity contribution in [1.29, 1.82) is 0 Å². The molecular weight excluding hydrogens is 221 g/mol. The van der Waals surface area contributed by atoms with E-state index in [1.54, 1.807) is 12.1 Å². The first-order valence-electron chi connectivity index (χ1n) is 5.25. The van der Waals surface area contributed by atoms with Crippen LogP contribution in [0.4, 0.5) is 10.1 Å². The molecule has 2 rings (SSSR count). The molecule has 0 saturated carbocycles. The molecule has 0 fully saturated rings. The molecule has 88 valence electrons. The maximum Gasteiger partial charge on any atom is 0.253 e. The van der Waals surface area contributed by atoms with E-state index >= 15 is 0 Å². The minimum atomic E-state index is -0.265.